The van der Waals surface area contributed by atoms with Gasteiger partial charge in [0.1, 0.15) is 5.82 Å². The molecule has 0 saturated heterocycles. The summed E-state index contributed by atoms with van der Waals surface area (Å²) in [6.07, 6.45) is 1.33. The van der Waals surface area contributed by atoms with E-state index in [1.54, 1.807) is 10.9 Å². The van der Waals surface area contributed by atoms with Gasteiger partial charge >= 0.3 is 17.9 Å². The average Bonchev–Trinajstić information content (AvgIpc) is 3.29. The first-order valence-corrected chi connectivity index (χ1v) is 10.1. The number of carboxylic acids is 3. The summed E-state index contributed by atoms with van der Waals surface area (Å²) in [7, 11) is 2.08. The minimum Gasteiger partial charge on any atom is -0.481 e. The maximum absolute atomic E-state index is 10.3. The molecule has 2 heterocycles. The predicted octanol–water partition coefficient (Wildman–Crippen LogP) is 1.55. The van der Waals surface area contributed by atoms with Gasteiger partial charge in [-0.2, -0.15) is 5.10 Å². The summed E-state index contributed by atoms with van der Waals surface area (Å²) in [5.41, 5.74) is 1.68. The maximum Gasteiger partial charge on any atom is 0.336 e. The first-order chi connectivity index (χ1) is 15.9. The molecule has 0 spiro atoms. The van der Waals surface area contributed by atoms with Crippen molar-refractivity contribution in [2.45, 2.75) is 38.5 Å². The summed E-state index contributed by atoms with van der Waals surface area (Å²) in [4.78, 5) is 40.7. The Labute approximate surface area is 194 Å². The molecule has 12 heteroatoms. The van der Waals surface area contributed by atoms with Gasteiger partial charge in [0.25, 0.3) is 0 Å². The number of imidazole rings is 1. The Morgan fingerprint density at radius 1 is 1.15 bits per heavy atom. The minimum atomic E-state index is -2.74. The smallest absolute Gasteiger partial charge is 0.336 e. The van der Waals surface area contributed by atoms with Crippen molar-refractivity contribution < 1.29 is 34.8 Å². The van der Waals surface area contributed by atoms with Crippen molar-refractivity contribution in [2.75, 3.05) is 7.05 Å². The van der Waals surface area contributed by atoms with Gasteiger partial charge < -0.3 is 25.4 Å². The highest BCUT2D eigenvalue weighted by Gasteiger charge is 2.40. The molecule has 1 aromatic carbocycles. The first kappa shape index (κ1) is 26.2. The van der Waals surface area contributed by atoms with Crippen LogP contribution in [0, 0.1) is 6.92 Å². The number of para-hydroxylation sites is 2. The predicted molar refractivity (Wildman–Crippen MR) is 122 cm³/mol. The van der Waals surface area contributed by atoms with Crippen LogP contribution in [0.1, 0.15) is 29.9 Å². The highest BCUT2D eigenvalue weighted by molar-refractivity contribution is 5.88. The Kier molecular flexibility index (Phi) is 8.64. The van der Waals surface area contributed by atoms with Crippen molar-refractivity contribution in [1.82, 2.24) is 24.6 Å². The van der Waals surface area contributed by atoms with E-state index < -0.39 is 36.4 Å². The number of fused-ring (bicyclic) bond motifs is 1. The van der Waals surface area contributed by atoms with E-state index >= 15 is 0 Å². The Morgan fingerprint density at radius 3 is 2.26 bits per heavy atom. The van der Waals surface area contributed by atoms with Gasteiger partial charge in [0, 0.05) is 24.0 Å². The molecule has 0 fully saturated rings. The van der Waals surface area contributed by atoms with Crippen molar-refractivity contribution in [1.29, 1.82) is 0 Å². The molecular weight excluding hydrogens is 446 g/mol. The van der Waals surface area contributed by atoms with Crippen LogP contribution in [0.5, 0.6) is 0 Å². The number of carboxylic acid groups (broad SMARTS) is 3. The molecule has 0 radical (unpaired) electrons. The molecule has 0 amide bonds. The summed E-state index contributed by atoms with van der Waals surface area (Å²) in [5, 5.41) is 38.1. The summed E-state index contributed by atoms with van der Waals surface area (Å²) >= 11 is 0. The van der Waals surface area contributed by atoms with Crippen LogP contribution in [-0.2, 0) is 27.5 Å². The van der Waals surface area contributed by atoms with E-state index in [2.05, 4.69) is 40.5 Å². The fourth-order valence-electron chi connectivity index (χ4n) is 3.20. The van der Waals surface area contributed by atoms with Gasteiger partial charge in [-0.15, -0.1) is 0 Å². The largest absolute Gasteiger partial charge is 0.481 e. The van der Waals surface area contributed by atoms with Gasteiger partial charge in [0.2, 0.25) is 0 Å². The first-order valence-electron chi connectivity index (χ1n) is 10.1. The maximum atomic E-state index is 10.3. The topological polar surface area (TPSA) is 182 Å². The number of aliphatic hydroxyl groups is 1. The van der Waals surface area contributed by atoms with Gasteiger partial charge in [-0.1, -0.05) is 18.7 Å². The molecule has 12 nitrogen and oxygen atoms in total. The molecule has 0 saturated carbocycles. The van der Waals surface area contributed by atoms with Gasteiger partial charge in [-0.25, -0.2) is 14.5 Å². The third kappa shape index (κ3) is 6.98. The third-order valence-corrected chi connectivity index (χ3v) is 4.90. The second kappa shape index (κ2) is 11.2. The highest BCUT2D eigenvalue weighted by atomic mass is 16.4. The van der Waals surface area contributed by atoms with Crippen LogP contribution in [0.25, 0.3) is 17.2 Å². The molecule has 0 bridgehead atoms. The van der Waals surface area contributed by atoms with E-state index in [1.165, 1.54) is 5.56 Å². The second-order valence-corrected chi connectivity index (χ2v) is 7.73. The molecule has 2 aromatic heterocycles. The van der Waals surface area contributed by atoms with Crippen LogP contribution in [0.2, 0.25) is 0 Å². The van der Waals surface area contributed by atoms with Gasteiger partial charge in [-0.05, 0) is 26.1 Å². The number of hydrogen-bond donors (Lipinski definition) is 5. The van der Waals surface area contributed by atoms with Crippen molar-refractivity contribution in [3.8, 4) is 0 Å². The lowest BCUT2D eigenvalue weighted by atomic mass is 9.96. The number of hydrogen-bond acceptors (Lipinski definition) is 7. The zero-order valence-electron chi connectivity index (χ0n) is 18.8. The van der Waals surface area contributed by atoms with Crippen LogP contribution in [-0.4, -0.2) is 75.6 Å². The van der Waals surface area contributed by atoms with Crippen molar-refractivity contribution in [2.24, 2.45) is 0 Å². The van der Waals surface area contributed by atoms with Crippen LogP contribution < -0.4 is 0 Å². The summed E-state index contributed by atoms with van der Waals surface area (Å²) < 4.78 is 1.80. The Balaban J connectivity index is 0.000000273. The number of nitrogens with one attached hydrogen (secondary N) is 1. The number of aromatic amines is 1. The summed E-state index contributed by atoms with van der Waals surface area (Å²) in [5.74, 6) is -4.04. The number of aliphatic carboxylic acids is 3. The lowest BCUT2D eigenvalue weighted by Crippen LogP contribution is -2.42. The SMILES string of the molecule is C=Cn1ncc(CN(C)Cc2nc3ccccc3[nH]2)c1C.O=C(O)CC(O)(CC(=O)O)C(=O)O. The standard InChI is InChI=1S/C16H19N5.C6H8O7/c1-4-21-12(2)13(9-17-21)10-20(3)11-16-18-14-7-5-6-8-15(14)19-16;7-3(8)1-6(13,5(11)12)2-4(9)10/h4-9H,1,10-11H2,2-3H3,(H,18,19);13H,1-2H2,(H,7,8)(H,9,10)(H,11,12). The molecule has 34 heavy (non-hydrogen) atoms. The molecule has 0 aliphatic rings. The molecule has 5 N–H and O–H groups in total. The van der Waals surface area contributed by atoms with Crippen molar-refractivity contribution in [3.63, 3.8) is 0 Å². The molecule has 182 valence electrons. The Bertz CT molecular complexity index is 1130. The normalized spacial score (nSPS) is 11.2. The molecule has 0 atom stereocenters. The van der Waals surface area contributed by atoms with Gasteiger partial charge in [-0.3, -0.25) is 14.5 Å². The summed E-state index contributed by atoms with van der Waals surface area (Å²) in [6, 6.07) is 8.09. The zero-order valence-corrected chi connectivity index (χ0v) is 18.8. The van der Waals surface area contributed by atoms with E-state index in [0.29, 0.717) is 0 Å². The fraction of sp³-hybridized carbons (Fsp3) is 0.318. The molecule has 0 unspecified atom stereocenters. The minimum absolute atomic E-state index is 0.771. The monoisotopic (exact) mass is 473 g/mol. The Hall–Kier alpha value is -4.03. The third-order valence-electron chi connectivity index (χ3n) is 4.90. The van der Waals surface area contributed by atoms with E-state index in [9.17, 15) is 14.4 Å². The van der Waals surface area contributed by atoms with E-state index in [1.807, 2.05) is 30.5 Å². The quantitative estimate of drug-likeness (QED) is 0.290. The molecule has 0 aliphatic carbocycles. The highest BCUT2D eigenvalue weighted by Crippen LogP contribution is 2.16. The second-order valence-electron chi connectivity index (χ2n) is 7.73. The number of nitrogens with zero attached hydrogens (tertiary/aromatic N) is 4. The molecule has 3 aromatic rings. The average molecular weight is 473 g/mol. The summed E-state index contributed by atoms with van der Waals surface area (Å²) in [6.45, 7) is 7.40. The zero-order chi connectivity index (χ0) is 25.5. The number of rotatable bonds is 10. The van der Waals surface area contributed by atoms with E-state index in [4.69, 9.17) is 20.4 Å². The molecular formula is C22H27N5O7. The van der Waals surface area contributed by atoms with Gasteiger partial charge in [0.05, 0.1) is 36.6 Å². The fourth-order valence-corrected chi connectivity index (χ4v) is 3.20. The van der Waals surface area contributed by atoms with Crippen LogP contribution in [0.15, 0.2) is 37.0 Å². The number of aromatic nitrogens is 4. The Morgan fingerprint density at radius 2 is 1.76 bits per heavy atom. The number of carbonyl (C=O) groups is 3. The molecule has 0 aliphatic heterocycles. The lowest BCUT2D eigenvalue weighted by Gasteiger charge is -2.18. The molecule has 3 rings (SSSR count). The van der Waals surface area contributed by atoms with Crippen molar-refractivity contribution in [3.05, 3.63) is 54.1 Å². The van der Waals surface area contributed by atoms with E-state index in [-0.39, 0.29) is 0 Å². The number of benzene rings is 1. The van der Waals surface area contributed by atoms with E-state index in [0.717, 1.165) is 35.6 Å². The lowest BCUT2D eigenvalue weighted by molar-refractivity contribution is -0.170. The van der Waals surface area contributed by atoms with Crippen LogP contribution >= 0.6 is 0 Å². The van der Waals surface area contributed by atoms with Crippen LogP contribution in [0.3, 0.4) is 0 Å². The van der Waals surface area contributed by atoms with Crippen LogP contribution in [0.4, 0.5) is 0 Å². The number of H-pyrrole nitrogens is 1. The van der Waals surface area contributed by atoms with Gasteiger partial charge in [0.15, 0.2) is 5.60 Å². The van der Waals surface area contributed by atoms with Crippen molar-refractivity contribution >= 4 is 35.1 Å².